The molecular weight excluding hydrogens is 348 g/mol. The maximum absolute atomic E-state index is 12.5. The van der Waals surface area contributed by atoms with Gasteiger partial charge in [-0.05, 0) is 22.3 Å². The van der Waals surface area contributed by atoms with Gasteiger partial charge in [0.15, 0.2) is 0 Å². The van der Waals surface area contributed by atoms with Crippen molar-refractivity contribution in [2.75, 3.05) is 5.32 Å². The van der Waals surface area contributed by atoms with Gasteiger partial charge in [0.2, 0.25) is 16.9 Å². The number of amides is 2. The molecule has 0 spiro atoms. The van der Waals surface area contributed by atoms with Crippen molar-refractivity contribution >= 4 is 39.1 Å². The first kappa shape index (κ1) is 18.0. The van der Waals surface area contributed by atoms with Crippen LogP contribution in [0.1, 0.15) is 19.4 Å². The molecule has 26 heavy (non-hydrogen) atoms. The fourth-order valence-corrected chi connectivity index (χ4v) is 3.15. The van der Waals surface area contributed by atoms with E-state index in [4.69, 9.17) is 0 Å². The zero-order valence-electron chi connectivity index (χ0n) is 14.6. The Bertz CT molecular complexity index is 909. The molecule has 0 saturated carbocycles. The Morgan fingerprint density at radius 3 is 2.58 bits per heavy atom. The highest BCUT2D eigenvalue weighted by atomic mass is 32.1. The predicted molar refractivity (Wildman–Crippen MR) is 103 cm³/mol. The lowest BCUT2D eigenvalue weighted by Crippen LogP contribution is -2.47. The average Bonchev–Trinajstić information content (AvgIpc) is 3.12. The number of aromatic nitrogens is 2. The Labute approximate surface area is 155 Å². The molecule has 0 aliphatic rings. The van der Waals surface area contributed by atoms with Crippen LogP contribution in [-0.4, -0.2) is 28.1 Å². The van der Waals surface area contributed by atoms with Crippen molar-refractivity contribution in [2.24, 2.45) is 5.92 Å². The maximum Gasteiger partial charge on any atom is 0.249 e. The van der Waals surface area contributed by atoms with Gasteiger partial charge in [0.25, 0.3) is 0 Å². The molecule has 2 N–H and O–H groups in total. The lowest BCUT2D eigenvalue weighted by atomic mass is 10.0. The van der Waals surface area contributed by atoms with Gasteiger partial charge in [0, 0.05) is 0 Å². The van der Waals surface area contributed by atoms with E-state index >= 15 is 0 Å². The minimum atomic E-state index is -0.633. The van der Waals surface area contributed by atoms with Crippen LogP contribution in [0.4, 0.5) is 5.13 Å². The number of nitrogens with one attached hydrogen (secondary N) is 2. The summed E-state index contributed by atoms with van der Waals surface area (Å²) in [6.07, 6.45) is 0.222. The number of carbonyl (C=O) groups is 2. The van der Waals surface area contributed by atoms with E-state index in [1.807, 2.05) is 56.3 Å². The number of benzene rings is 2. The molecule has 7 heteroatoms. The highest BCUT2D eigenvalue weighted by molar-refractivity contribution is 7.13. The van der Waals surface area contributed by atoms with Crippen LogP contribution in [-0.2, 0) is 16.0 Å². The quantitative estimate of drug-likeness (QED) is 0.700. The Kier molecular flexibility index (Phi) is 5.58. The van der Waals surface area contributed by atoms with E-state index in [1.165, 1.54) is 16.8 Å². The molecule has 1 atom stereocenters. The van der Waals surface area contributed by atoms with Crippen molar-refractivity contribution in [2.45, 2.75) is 26.3 Å². The molecule has 1 heterocycles. The SMILES string of the molecule is CC(C)[C@@H](NC(=O)Cc1ccc2ccccc2c1)C(=O)Nc1nncs1. The van der Waals surface area contributed by atoms with Gasteiger partial charge in [-0.25, -0.2) is 0 Å². The van der Waals surface area contributed by atoms with Crippen molar-refractivity contribution in [1.29, 1.82) is 0 Å². The van der Waals surface area contributed by atoms with Crippen molar-refractivity contribution in [1.82, 2.24) is 15.5 Å². The number of rotatable bonds is 6. The van der Waals surface area contributed by atoms with Gasteiger partial charge in [-0.3, -0.25) is 14.9 Å². The number of anilines is 1. The van der Waals surface area contributed by atoms with Crippen LogP contribution < -0.4 is 10.6 Å². The molecule has 0 saturated heterocycles. The minimum absolute atomic E-state index is 0.0523. The summed E-state index contributed by atoms with van der Waals surface area (Å²) in [6.45, 7) is 3.78. The summed E-state index contributed by atoms with van der Waals surface area (Å²) < 4.78 is 0. The molecule has 134 valence electrons. The van der Waals surface area contributed by atoms with Crippen LogP contribution in [0.2, 0.25) is 0 Å². The van der Waals surface area contributed by atoms with E-state index in [9.17, 15) is 9.59 Å². The number of carbonyl (C=O) groups excluding carboxylic acids is 2. The molecule has 3 rings (SSSR count). The highest BCUT2D eigenvalue weighted by Crippen LogP contribution is 2.16. The molecule has 0 aliphatic heterocycles. The third-order valence-corrected chi connectivity index (χ3v) is 4.64. The predicted octanol–water partition coefficient (Wildman–Crippen LogP) is 3.01. The standard InChI is InChI=1S/C19H20N4O2S/c1-12(2)17(18(25)22-19-23-20-11-26-19)21-16(24)10-13-7-8-14-5-3-4-6-15(14)9-13/h3-9,11-12,17H,10H2,1-2H3,(H,21,24)(H,22,23,25)/t17-/m1/s1. The molecule has 1 aromatic heterocycles. The van der Waals surface area contributed by atoms with Crippen molar-refractivity contribution in [3.63, 3.8) is 0 Å². The molecule has 0 aliphatic carbocycles. The molecule has 0 unspecified atom stereocenters. The van der Waals surface area contributed by atoms with Gasteiger partial charge in [-0.2, -0.15) is 0 Å². The zero-order chi connectivity index (χ0) is 18.5. The summed E-state index contributed by atoms with van der Waals surface area (Å²) in [6, 6.07) is 13.3. The van der Waals surface area contributed by atoms with Crippen molar-refractivity contribution in [3.05, 3.63) is 53.5 Å². The Hall–Kier alpha value is -2.80. The third-order valence-electron chi connectivity index (χ3n) is 4.03. The van der Waals surface area contributed by atoms with E-state index in [0.29, 0.717) is 5.13 Å². The lowest BCUT2D eigenvalue weighted by molar-refractivity contribution is -0.127. The molecular formula is C19H20N4O2S. The Balaban J connectivity index is 1.66. The largest absolute Gasteiger partial charge is 0.344 e. The van der Waals surface area contributed by atoms with Crippen LogP contribution >= 0.6 is 11.3 Å². The number of nitrogens with zero attached hydrogens (tertiary/aromatic N) is 2. The summed E-state index contributed by atoms with van der Waals surface area (Å²) in [5, 5.41) is 15.6. The van der Waals surface area contributed by atoms with Gasteiger partial charge in [0.1, 0.15) is 11.6 Å². The van der Waals surface area contributed by atoms with Crippen molar-refractivity contribution < 1.29 is 9.59 Å². The third kappa shape index (κ3) is 4.43. The summed E-state index contributed by atoms with van der Waals surface area (Å²) in [4.78, 5) is 24.9. The van der Waals surface area contributed by atoms with Crippen LogP contribution in [0, 0.1) is 5.92 Å². The van der Waals surface area contributed by atoms with Gasteiger partial charge in [-0.15, -0.1) is 10.2 Å². The van der Waals surface area contributed by atoms with E-state index in [-0.39, 0.29) is 24.2 Å². The summed E-state index contributed by atoms with van der Waals surface area (Å²) in [7, 11) is 0. The van der Waals surface area contributed by atoms with Crippen LogP contribution in [0.5, 0.6) is 0 Å². The fourth-order valence-electron chi connectivity index (χ4n) is 2.70. The molecule has 0 fully saturated rings. The monoisotopic (exact) mass is 368 g/mol. The molecule has 0 radical (unpaired) electrons. The minimum Gasteiger partial charge on any atom is -0.344 e. The second kappa shape index (κ2) is 8.05. The first-order valence-corrected chi connectivity index (χ1v) is 9.25. The number of hydrogen-bond acceptors (Lipinski definition) is 5. The van der Waals surface area contributed by atoms with E-state index in [2.05, 4.69) is 20.8 Å². The second-order valence-electron chi connectivity index (χ2n) is 6.38. The molecule has 0 bridgehead atoms. The van der Waals surface area contributed by atoms with Gasteiger partial charge >= 0.3 is 0 Å². The molecule has 2 amide bonds. The zero-order valence-corrected chi connectivity index (χ0v) is 15.4. The van der Waals surface area contributed by atoms with E-state index in [0.717, 1.165) is 16.3 Å². The molecule has 6 nitrogen and oxygen atoms in total. The van der Waals surface area contributed by atoms with Crippen molar-refractivity contribution in [3.8, 4) is 0 Å². The van der Waals surface area contributed by atoms with Crippen LogP contribution in [0.25, 0.3) is 10.8 Å². The number of fused-ring (bicyclic) bond motifs is 1. The molecule has 2 aromatic carbocycles. The lowest BCUT2D eigenvalue weighted by Gasteiger charge is -2.21. The second-order valence-corrected chi connectivity index (χ2v) is 7.21. The summed E-state index contributed by atoms with van der Waals surface area (Å²) in [5.74, 6) is -0.529. The Morgan fingerprint density at radius 2 is 1.88 bits per heavy atom. The average molecular weight is 368 g/mol. The molecule has 3 aromatic rings. The maximum atomic E-state index is 12.5. The summed E-state index contributed by atoms with van der Waals surface area (Å²) in [5.41, 5.74) is 2.45. The van der Waals surface area contributed by atoms with E-state index in [1.54, 1.807) is 0 Å². The van der Waals surface area contributed by atoms with Crippen LogP contribution in [0.3, 0.4) is 0 Å². The Morgan fingerprint density at radius 1 is 1.12 bits per heavy atom. The topological polar surface area (TPSA) is 84.0 Å². The fraction of sp³-hybridized carbons (Fsp3) is 0.263. The smallest absolute Gasteiger partial charge is 0.249 e. The number of hydrogen-bond donors (Lipinski definition) is 2. The first-order chi connectivity index (χ1) is 12.5. The normalized spacial score (nSPS) is 12.1. The highest BCUT2D eigenvalue weighted by Gasteiger charge is 2.25. The van der Waals surface area contributed by atoms with Gasteiger partial charge in [0.05, 0.1) is 6.42 Å². The van der Waals surface area contributed by atoms with Gasteiger partial charge in [-0.1, -0.05) is 67.6 Å². The van der Waals surface area contributed by atoms with Gasteiger partial charge < -0.3 is 5.32 Å². The van der Waals surface area contributed by atoms with E-state index < -0.39 is 6.04 Å². The first-order valence-electron chi connectivity index (χ1n) is 8.37. The summed E-state index contributed by atoms with van der Waals surface area (Å²) >= 11 is 1.24. The van der Waals surface area contributed by atoms with Crippen LogP contribution in [0.15, 0.2) is 48.0 Å².